The summed E-state index contributed by atoms with van der Waals surface area (Å²) in [5.74, 6) is -1.95. The molecule has 0 unspecified atom stereocenters. The molecule has 17 heteroatoms. The molecular formula is C38H43N3O14. The Labute approximate surface area is 317 Å². The van der Waals surface area contributed by atoms with E-state index >= 15 is 0 Å². The number of benzene rings is 2. The van der Waals surface area contributed by atoms with Crippen LogP contribution < -0.4 is 18.9 Å². The van der Waals surface area contributed by atoms with Crippen LogP contribution in [0.4, 0.5) is 9.59 Å². The summed E-state index contributed by atoms with van der Waals surface area (Å²) in [6, 6.07) is 11.7. The van der Waals surface area contributed by atoms with Crippen LogP contribution in [0.15, 0.2) is 77.9 Å². The summed E-state index contributed by atoms with van der Waals surface area (Å²) in [7, 11) is 0. The van der Waals surface area contributed by atoms with Crippen LogP contribution in [0.3, 0.4) is 0 Å². The van der Waals surface area contributed by atoms with Crippen molar-refractivity contribution in [2.45, 2.75) is 58.3 Å². The minimum Gasteiger partial charge on any atom is -0.462 e. The number of unbranched alkanes of at least 4 members (excludes halogenated alkanes) is 2. The number of rotatable bonds is 20. The first-order chi connectivity index (χ1) is 26.4. The van der Waals surface area contributed by atoms with E-state index in [4.69, 9.17) is 43.4 Å². The molecule has 0 spiro atoms. The van der Waals surface area contributed by atoms with Crippen molar-refractivity contribution in [3.05, 3.63) is 83.3 Å². The Morgan fingerprint density at radius 1 is 0.600 bits per heavy atom. The van der Waals surface area contributed by atoms with Gasteiger partial charge < -0.3 is 37.9 Å². The lowest BCUT2D eigenvalue weighted by Crippen LogP contribution is -2.30. The quantitative estimate of drug-likeness (QED) is 0.0151. The molecule has 55 heavy (non-hydrogen) atoms. The third kappa shape index (κ3) is 16.5. The molecule has 1 saturated carbocycles. The van der Waals surface area contributed by atoms with Crippen LogP contribution in [-0.4, -0.2) is 69.2 Å². The van der Waals surface area contributed by atoms with Crippen LogP contribution in [0, 0.1) is 11.8 Å². The minimum absolute atomic E-state index is 0.0242. The lowest BCUT2D eigenvalue weighted by molar-refractivity contribution is -0.145. The predicted molar refractivity (Wildman–Crippen MR) is 192 cm³/mol. The molecule has 0 aromatic heterocycles. The number of esters is 4. The van der Waals surface area contributed by atoms with Crippen molar-refractivity contribution >= 4 is 36.2 Å². The smallest absolute Gasteiger partial charge is 0.462 e. The molecule has 0 saturated heterocycles. The molecule has 1 aliphatic carbocycles. The van der Waals surface area contributed by atoms with E-state index in [0.717, 1.165) is 0 Å². The summed E-state index contributed by atoms with van der Waals surface area (Å²) in [6.07, 6.45) is 1.65. The van der Waals surface area contributed by atoms with Crippen molar-refractivity contribution in [3.8, 4) is 23.0 Å². The average Bonchev–Trinajstić information content (AvgIpc) is 3.17. The van der Waals surface area contributed by atoms with Gasteiger partial charge in [0.15, 0.2) is 0 Å². The number of azide groups is 1. The first-order valence-electron chi connectivity index (χ1n) is 17.5. The van der Waals surface area contributed by atoms with Gasteiger partial charge in [-0.15, -0.1) is 0 Å². The van der Waals surface area contributed by atoms with Gasteiger partial charge in [0, 0.05) is 16.1 Å². The average molecular weight is 766 g/mol. The maximum Gasteiger partial charge on any atom is 0.513 e. The zero-order valence-corrected chi connectivity index (χ0v) is 30.4. The maximum atomic E-state index is 12.8. The van der Waals surface area contributed by atoms with Gasteiger partial charge >= 0.3 is 36.2 Å². The molecule has 0 radical (unpaired) electrons. The van der Waals surface area contributed by atoms with Crippen molar-refractivity contribution in [1.29, 1.82) is 0 Å². The highest BCUT2D eigenvalue weighted by molar-refractivity contribution is 5.88. The lowest BCUT2D eigenvalue weighted by Gasteiger charge is -2.25. The van der Waals surface area contributed by atoms with Crippen molar-refractivity contribution in [2.24, 2.45) is 17.0 Å². The van der Waals surface area contributed by atoms with E-state index in [9.17, 15) is 28.8 Å². The molecule has 0 amide bonds. The van der Waals surface area contributed by atoms with Gasteiger partial charge in [-0.2, -0.15) is 0 Å². The van der Waals surface area contributed by atoms with Crippen molar-refractivity contribution in [3.63, 3.8) is 0 Å². The molecule has 0 heterocycles. The molecule has 0 atom stereocenters. The summed E-state index contributed by atoms with van der Waals surface area (Å²) < 4.78 is 41.2. The highest BCUT2D eigenvalue weighted by Gasteiger charge is 2.32. The Kier molecular flexibility index (Phi) is 18.3. The standard InChI is InChI=1S/C38H43N3O14/c1-25(2)33(42)48-20-4-6-22-50-37(46)54-31-16-12-29(13-17-31)52-35(44)27-8-10-28(11-9-27)36(45)53-30-14-18-32(19-15-30)55-38(47)51-23-7-5-21-49-34(43)26(3)24-40-41-39/h12-19,27-28H,1,3-11,20-24H2,2H3/t27-,28-. The fourth-order valence-corrected chi connectivity index (χ4v) is 4.82. The summed E-state index contributed by atoms with van der Waals surface area (Å²) in [6.45, 7) is 8.69. The molecule has 0 N–H and O–H groups in total. The molecule has 2 aromatic rings. The molecule has 0 bridgehead atoms. The molecule has 294 valence electrons. The van der Waals surface area contributed by atoms with Crippen molar-refractivity contribution in [1.82, 2.24) is 0 Å². The fourth-order valence-electron chi connectivity index (χ4n) is 4.82. The van der Waals surface area contributed by atoms with E-state index in [1.54, 1.807) is 6.92 Å². The summed E-state index contributed by atoms with van der Waals surface area (Å²) in [5.41, 5.74) is 8.61. The molecule has 17 nitrogen and oxygen atoms in total. The number of ether oxygens (including phenoxy) is 8. The largest absolute Gasteiger partial charge is 0.513 e. The SMILES string of the molecule is C=C(C)C(=O)OCCCCOC(=O)Oc1ccc(OC(=O)[C@H]2CC[C@H](C(=O)Oc3ccc(OC(=O)OCCCCOC(=O)C(=C)CN=[N+]=[N-])cc3)CC2)cc1. The van der Waals surface area contributed by atoms with Crippen LogP contribution in [0.25, 0.3) is 10.4 Å². The lowest BCUT2D eigenvalue weighted by atomic mass is 9.82. The topological polar surface area (TPSA) is 225 Å². The van der Waals surface area contributed by atoms with Crippen LogP contribution in [0.5, 0.6) is 23.0 Å². The van der Waals surface area contributed by atoms with Crippen LogP contribution in [0.1, 0.15) is 58.3 Å². The molecule has 1 fully saturated rings. The summed E-state index contributed by atoms with van der Waals surface area (Å²) >= 11 is 0. The van der Waals surface area contributed by atoms with E-state index in [1.807, 2.05) is 0 Å². The first-order valence-corrected chi connectivity index (χ1v) is 17.5. The van der Waals surface area contributed by atoms with Gasteiger partial charge in [-0.1, -0.05) is 18.3 Å². The van der Waals surface area contributed by atoms with E-state index in [2.05, 4.69) is 23.2 Å². The van der Waals surface area contributed by atoms with E-state index < -0.39 is 48.0 Å². The second kappa shape index (κ2) is 23.3. The molecule has 1 aliphatic rings. The summed E-state index contributed by atoms with van der Waals surface area (Å²) in [4.78, 5) is 75.0. The Balaban J connectivity index is 1.28. The van der Waals surface area contributed by atoms with Gasteiger partial charge in [-0.3, -0.25) is 9.59 Å². The number of carbonyl (C=O) groups is 6. The monoisotopic (exact) mass is 765 g/mol. The van der Waals surface area contributed by atoms with Gasteiger partial charge in [0.05, 0.1) is 44.8 Å². The van der Waals surface area contributed by atoms with Gasteiger partial charge in [0.1, 0.15) is 23.0 Å². The highest BCUT2D eigenvalue weighted by atomic mass is 16.7. The van der Waals surface area contributed by atoms with Gasteiger partial charge in [-0.25, -0.2) is 19.2 Å². The van der Waals surface area contributed by atoms with E-state index in [-0.39, 0.29) is 61.5 Å². The second-order valence-electron chi connectivity index (χ2n) is 12.2. The minimum atomic E-state index is -0.936. The molecule has 2 aromatic carbocycles. The third-order valence-electron chi connectivity index (χ3n) is 7.83. The van der Waals surface area contributed by atoms with Gasteiger partial charge in [-0.05, 0) is 112 Å². The van der Waals surface area contributed by atoms with Crippen LogP contribution >= 0.6 is 0 Å². The van der Waals surface area contributed by atoms with E-state index in [0.29, 0.717) is 56.9 Å². The number of carbonyl (C=O) groups excluding carboxylic acids is 6. The first kappa shape index (κ1) is 43.1. The Hall–Kier alpha value is -6.35. The van der Waals surface area contributed by atoms with Crippen molar-refractivity contribution < 1.29 is 66.7 Å². The Morgan fingerprint density at radius 3 is 1.31 bits per heavy atom. The molecule has 0 aliphatic heterocycles. The molecule has 3 rings (SSSR count). The normalized spacial score (nSPS) is 14.5. The Bertz CT molecular complexity index is 1710. The number of hydrogen-bond donors (Lipinski definition) is 0. The van der Waals surface area contributed by atoms with E-state index in [1.165, 1.54) is 48.5 Å². The fraction of sp³-hybridized carbons (Fsp3) is 0.421. The summed E-state index contributed by atoms with van der Waals surface area (Å²) in [5, 5.41) is 3.23. The number of nitrogens with zero attached hydrogens (tertiary/aromatic N) is 3. The van der Waals surface area contributed by atoms with Gasteiger partial charge in [0.2, 0.25) is 0 Å². The van der Waals surface area contributed by atoms with Gasteiger partial charge in [0.25, 0.3) is 0 Å². The predicted octanol–water partition coefficient (Wildman–Crippen LogP) is 7.12. The van der Waals surface area contributed by atoms with Crippen molar-refractivity contribution in [2.75, 3.05) is 33.0 Å². The number of hydrogen-bond acceptors (Lipinski definition) is 15. The zero-order valence-electron chi connectivity index (χ0n) is 30.4. The second-order valence-corrected chi connectivity index (χ2v) is 12.2. The molecular weight excluding hydrogens is 722 g/mol. The third-order valence-corrected chi connectivity index (χ3v) is 7.83. The Morgan fingerprint density at radius 2 is 0.945 bits per heavy atom. The van der Waals surface area contributed by atoms with Crippen LogP contribution in [-0.2, 0) is 38.1 Å². The highest BCUT2D eigenvalue weighted by Crippen LogP contribution is 2.32. The van der Waals surface area contributed by atoms with Crippen LogP contribution in [0.2, 0.25) is 0 Å². The zero-order chi connectivity index (χ0) is 40.0. The maximum absolute atomic E-state index is 12.8.